The third-order valence-corrected chi connectivity index (χ3v) is 3.21. The van der Waals surface area contributed by atoms with Crippen LogP contribution in [0.4, 0.5) is 5.69 Å². The van der Waals surface area contributed by atoms with Crippen LogP contribution in [-0.2, 0) is 0 Å². The van der Waals surface area contributed by atoms with Gasteiger partial charge >= 0.3 is 0 Å². The molecule has 1 aliphatic carbocycles. The molecule has 1 atom stereocenters. The first-order chi connectivity index (χ1) is 7.19. The molecule has 0 bridgehead atoms. The van der Waals surface area contributed by atoms with Crippen LogP contribution in [0.15, 0.2) is 22.7 Å². The van der Waals surface area contributed by atoms with E-state index in [1.165, 1.54) is 12.8 Å². The first kappa shape index (κ1) is 10.5. The highest BCUT2D eigenvalue weighted by Gasteiger charge is 2.27. The number of hydrogen-bond donors (Lipinski definition) is 1. The zero-order chi connectivity index (χ0) is 10.8. The van der Waals surface area contributed by atoms with Gasteiger partial charge in [-0.05, 0) is 43.9 Å². The quantitative estimate of drug-likeness (QED) is 0.907. The average molecular weight is 265 g/mol. The van der Waals surface area contributed by atoms with Gasteiger partial charge in [-0.3, -0.25) is 0 Å². The van der Waals surface area contributed by atoms with Crippen molar-refractivity contribution in [3.05, 3.63) is 28.2 Å². The van der Waals surface area contributed by atoms with Crippen LogP contribution >= 0.6 is 15.9 Å². The van der Waals surface area contributed by atoms with E-state index < -0.39 is 0 Å². The van der Waals surface area contributed by atoms with Crippen LogP contribution in [0.2, 0.25) is 0 Å². The second kappa shape index (κ2) is 4.24. The number of benzene rings is 1. The van der Waals surface area contributed by atoms with Gasteiger partial charge in [0, 0.05) is 16.2 Å². The highest BCUT2D eigenvalue weighted by molar-refractivity contribution is 9.10. The summed E-state index contributed by atoms with van der Waals surface area (Å²) in [7, 11) is 0. The van der Waals surface area contributed by atoms with Crippen molar-refractivity contribution in [1.82, 2.24) is 0 Å². The van der Waals surface area contributed by atoms with E-state index in [2.05, 4.69) is 34.2 Å². The van der Waals surface area contributed by atoms with E-state index in [1.807, 2.05) is 18.2 Å². The van der Waals surface area contributed by atoms with E-state index >= 15 is 0 Å². The lowest BCUT2D eigenvalue weighted by molar-refractivity contribution is 0.694. The summed E-state index contributed by atoms with van der Waals surface area (Å²) in [6.07, 6.45) is 2.65. The molecule has 2 rings (SSSR count). The highest BCUT2D eigenvalue weighted by atomic mass is 79.9. The van der Waals surface area contributed by atoms with Crippen LogP contribution in [0.3, 0.4) is 0 Å². The normalized spacial score (nSPS) is 16.9. The summed E-state index contributed by atoms with van der Waals surface area (Å²) >= 11 is 3.41. The summed E-state index contributed by atoms with van der Waals surface area (Å²) in [5.41, 5.74) is 1.72. The number of anilines is 1. The molecule has 1 fully saturated rings. The Morgan fingerprint density at radius 3 is 2.80 bits per heavy atom. The molecule has 1 N–H and O–H groups in total. The summed E-state index contributed by atoms with van der Waals surface area (Å²) in [6.45, 7) is 2.20. The monoisotopic (exact) mass is 264 g/mol. The number of hydrogen-bond acceptors (Lipinski definition) is 2. The van der Waals surface area contributed by atoms with Gasteiger partial charge in [0.05, 0.1) is 11.6 Å². The predicted molar refractivity (Wildman–Crippen MR) is 64.7 cm³/mol. The SMILES string of the molecule is CC(Nc1cc(Br)cc(C#N)c1)C1CC1. The fourth-order valence-corrected chi connectivity index (χ4v) is 2.21. The van der Waals surface area contributed by atoms with E-state index in [9.17, 15) is 0 Å². The van der Waals surface area contributed by atoms with E-state index in [1.54, 1.807) is 0 Å². The molecule has 0 aliphatic heterocycles. The van der Waals surface area contributed by atoms with Crippen LogP contribution < -0.4 is 5.32 Å². The van der Waals surface area contributed by atoms with Gasteiger partial charge in [0.15, 0.2) is 0 Å². The number of rotatable bonds is 3. The van der Waals surface area contributed by atoms with Gasteiger partial charge in [-0.25, -0.2) is 0 Å². The van der Waals surface area contributed by atoms with Crippen molar-refractivity contribution in [2.45, 2.75) is 25.8 Å². The zero-order valence-electron chi connectivity index (χ0n) is 8.63. The fourth-order valence-electron chi connectivity index (χ4n) is 1.71. The predicted octanol–water partition coefficient (Wildman–Crippen LogP) is 3.53. The Labute approximate surface area is 98.4 Å². The maximum absolute atomic E-state index is 8.84. The molecule has 1 aromatic rings. The van der Waals surface area contributed by atoms with Crippen LogP contribution in [0.1, 0.15) is 25.3 Å². The molecule has 0 aromatic heterocycles. The van der Waals surface area contributed by atoms with Gasteiger partial charge in [0.25, 0.3) is 0 Å². The molecule has 1 aliphatic rings. The van der Waals surface area contributed by atoms with E-state index in [0.29, 0.717) is 11.6 Å². The van der Waals surface area contributed by atoms with Crippen molar-refractivity contribution in [3.8, 4) is 6.07 Å². The van der Waals surface area contributed by atoms with Gasteiger partial charge in [-0.15, -0.1) is 0 Å². The average Bonchev–Trinajstić information content (AvgIpc) is 2.99. The van der Waals surface area contributed by atoms with Crippen LogP contribution in [0, 0.1) is 17.2 Å². The minimum atomic E-state index is 0.505. The summed E-state index contributed by atoms with van der Waals surface area (Å²) in [5.74, 6) is 0.814. The van der Waals surface area contributed by atoms with Crippen molar-refractivity contribution >= 4 is 21.6 Å². The maximum Gasteiger partial charge on any atom is 0.0992 e. The second-order valence-corrected chi connectivity index (χ2v) is 5.03. The Balaban J connectivity index is 2.13. The molecule has 0 radical (unpaired) electrons. The van der Waals surface area contributed by atoms with E-state index in [4.69, 9.17) is 5.26 Å². The molecule has 0 amide bonds. The van der Waals surface area contributed by atoms with Crippen molar-refractivity contribution in [3.63, 3.8) is 0 Å². The minimum Gasteiger partial charge on any atom is -0.382 e. The van der Waals surface area contributed by atoms with Gasteiger partial charge in [0.1, 0.15) is 0 Å². The van der Waals surface area contributed by atoms with Crippen molar-refractivity contribution in [2.24, 2.45) is 5.92 Å². The number of nitrogens with one attached hydrogen (secondary N) is 1. The first-order valence-corrected chi connectivity index (χ1v) is 5.95. The largest absolute Gasteiger partial charge is 0.382 e. The molecule has 0 heterocycles. The maximum atomic E-state index is 8.84. The Bertz CT molecular complexity index is 405. The minimum absolute atomic E-state index is 0.505. The number of nitrogens with zero attached hydrogens (tertiary/aromatic N) is 1. The van der Waals surface area contributed by atoms with Crippen LogP contribution in [0.5, 0.6) is 0 Å². The summed E-state index contributed by atoms with van der Waals surface area (Å²) < 4.78 is 0.951. The summed E-state index contributed by atoms with van der Waals surface area (Å²) in [6, 6.07) is 8.39. The summed E-state index contributed by atoms with van der Waals surface area (Å²) in [4.78, 5) is 0. The van der Waals surface area contributed by atoms with Gasteiger partial charge < -0.3 is 5.32 Å². The standard InChI is InChI=1S/C12H13BrN2/c1-8(10-2-3-10)15-12-5-9(7-14)4-11(13)6-12/h4-6,8,10,15H,2-3H2,1H3. The Hall–Kier alpha value is -1.01. The summed E-state index contributed by atoms with van der Waals surface area (Å²) in [5, 5.41) is 12.3. The van der Waals surface area contributed by atoms with Gasteiger partial charge in [0.2, 0.25) is 0 Å². The van der Waals surface area contributed by atoms with Crippen molar-refractivity contribution in [2.75, 3.05) is 5.32 Å². The third kappa shape index (κ3) is 2.73. The highest BCUT2D eigenvalue weighted by Crippen LogP contribution is 2.34. The molecule has 1 saturated carbocycles. The molecule has 0 spiro atoms. The Morgan fingerprint density at radius 2 is 2.20 bits per heavy atom. The van der Waals surface area contributed by atoms with Crippen molar-refractivity contribution < 1.29 is 0 Å². The molecule has 1 unspecified atom stereocenters. The van der Waals surface area contributed by atoms with E-state index in [0.717, 1.165) is 16.1 Å². The van der Waals surface area contributed by atoms with Crippen LogP contribution in [-0.4, -0.2) is 6.04 Å². The second-order valence-electron chi connectivity index (χ2n) is 4.11. The van der Waals surface area contributed by atoms with E-state index in [-0.39, 0.29) is 0 Å². The number of halogens is 1. The molecule has 78 valence electrons. The number of nitriles is 1. The van der Waals surface area contributed by atoms with Crippen LogP contribution in [0.25, 0.3) is 0 Å². The Kier molecular flexibility index (Phi) is 2.97. The molecular formula is C12H13BrN2. The van der Waals surface area contributed by atoms with Gasteiger partial charge in [-0.1, -0.05) is 15.9 Å². The lowest BCUT2D eigenvalue weighted by Gasteiger charge is -2.14. The molecule has 3 heteroatoms. The fraction of sp³-hybridized carbons (Fsp3) is 0.417. The topological polar surface area (TPSA) is 35.8 Å². The molecule has 15 heavy (non-hydrogen) atoms. The first-order valence-electron chi connectivity index (χ1n) is 5.16. The van der Waals surface area contributed by atoms with Crippen molar-refractivity contribution in [1.29, 1.82) is 5.26 Å². The Morgan fingerprint density at radius 1 is 1.47 bits per heavy atom. The lowest BCUT2D eigenvalue weighted by Crippen LogP contribution is -2.17. The molecule has 0 saturated heterocycles. The van der Waals surface area contributed by atoms with Gasteiger partial charge in [-0.2, -0.15) is 5.26 Å². The smallest absolute Gasteiger partial charge is 0.0992 e. The molecule has 2 nitrogen and oxygen atoms in total. The lowest BCUT2D eigenvalue weighted by atomic mass is 10.1. The third-order valence-electron chi connectivity index (χ3n) is 2.75. The zero-order valence-corrected chi connectivity index (χ0v) is 10.2. The molecule has 1 aromatic carbocycles. The molecular weight excluding hydrogens is 252 g/mol.